The second kappa shape index (κ2) is 8.63. The van der Waals surface area contributed by atoms with E-state index >= 15 is 0 Å². The number of thioether (sulfide) groups is 1. The van der Waals surface area contributed by atoms with Gasteiger partial charge in [-0.15, -0.1) is 0 Å². The molecule has 13 heavy (non-hydrogen) atoms. The maximum absolute atomic E-state index is 5.09. The summed E-state index contributed by atoms with van der Waals surface area (Å²) in [6, 6.07) is 0. The van der Waals surface area contributed by atoms with Crippen LogP contribution < -0.4 is 10.6 Å². The molecule has 1 unspecified atom stereocenters. The van der Waals surface area contributed by atoms with Crippen LogP contribution in [0.15, 0.2) is 0 Å². The zero-order valence-corrected chi connectivity index (χ0v) is 10.4. The number of hydrogen-bond acceptors (Lipinski definition) is 2. The molecule has 0 amide bonds. The zero-order chi connectivity index (χ0) is 10.1. The van der Waals surface area contributed by atoms with Gasteiger partial charge in [-0.3, -0.25) is 0 Å². The van der Waals surface area contributed by atoms with Crippen LogP contribution in [0.5, 0.6) is 0 Å². The van der Waals surface area contributed by atoms with Gasteiger partial charge in [-0.2, -0.15) is 11.8 Å². The van der Waals surface area contributed by atoms with Crippen LogP contribution in [0.4, 0.5) is 0 Å². The molecule has 0 bridgehead atoms. The van der Waals surface area contributed by atoms with Crippen LogP contribution in [0.3, 0.4) is 0 Å². The summed E-state index contributed by atoms with van der Waals surface area (Å²) < 4.78 is 0. The Hall–Kier alpha value is 0.0400. The zero-order valence-electron chi connectivity index (χ0n) is 8.72. The van der Waals surface area contributed by atoms with E-state index in [1.165, 1.54) is 5.75 Å². The molecule has 0 aliphatic carbocycles. The number of rotatable bonds is 6. The molecular formula is C9H20N2S2. The van der Waals surface area contributed by atoms with Gasteiger partial charge in [0.1, 0.15) is 0 Å². The minimum Gasteiger partial charge on any atom is -0.363 e. The highest BCUT2D eigenvalue weighted by atomic mass is 32.2. The van der Waals surface area contributed by atoms with Crippen molar-refractivity contribution >= 4 is 29.1 Å². The van der Waals surface area contributed by atoms with Gasteiger partial charge in [0.05, 0.1) is 0 Å². The van der Waals surface area contributed by atoms with Gasteiger partial charge >= 0.3 is 0 Å². The van der Waals surface area contributed by atoms with E-state index < -0.39 is 0 Å². The van der Waals surface area contributed by atoms with Crippen LogP contribution in [0.1, 0.15) is 20.3 Å². The molecule has 78 valence electrons. The quantitative estimate of drug-likeness (QED) is 0.667. The summed E-state index contributed by atoms with van der Waals surface area (Å²) in [6.45, 7) is 6.29. The molecule has 0 saturated heterocycles. The molecule has 0 aliphatic heterocycles. The molecule has 0 fully saturated rings. The van der Waals surface area contributed by atoms with Crippen molar-refractivity contribution in [2.45, 2.75) is 20.3 Å². The minimum atomic E-state index is 0.677. The van der Waals surface area contributed by atoms with Crippen LogP contribution in [-0.4, -0.2) is 30.2 Å². The first-order chi connectivity index (χ1) is 6.20. The summed E-state index contributed by atoms with van der Waals surface area (Å²) in [6.07, 6.45) is 3.24. The maximum Gasteiger partial charge on any atom is 0.166 e. The molecule has 0 aromatic heterocycles. The normalized spacial score (nSPS) is 12.2. The van der Waals surface area contributed by atoms with E-state index in [0.717, 1.165) is 24.6 Å². The summed E-state index contributed by atoms with van der Waals surface area (Å²) in [5, 5.41) is 7.14. The number of nitrogens with one attached hydrogen (secondary N) is 2. The second-order valence-corrected chi connectivity index (χ2v) is 4.52. The third-order valence-electron chi connectivity index (χ3n) is 1.60. The average Bonchev–Trinajstić information content (AvgIpc) is 2.12. The Morgan fingerprint density at radius 2 is 2.15 bits per heavy atom. The van der Waals surface area contributed by atoms with Gasteiger partial charge < -0.3 is 10.6 Å². The van der Waals surface area contributed by atoms with E-state index in [4.69, 9.17) is 12.2 Å². The van der Waals surface area contributed by atoms with Gasteiger partial charge in [0.25, 0.3) is 0 Å². The predicted octanol–water partition coefficient (Wildman–Crippen LogP) is 1.86. The Balaban J connectivity index is 3.34. The SMILES string of the molecule is CCCNC(=S)NCC(C)CSC. The molecule has 2 nitrogen and oxygen atoms in total. The van der Waals surface area contributed by atoms with Gasteiger partial charge in [0.2, 0.25) is 0 Å². The van der Waals surface area contributed by atoms with Gasteiger partial charge in [0.15, 0.2) is 5.11 Å². The first kappa shape index (κ1) is 13.0. The van der Waals surface area contributed by atoms with E-state index in [0.29, 0.717) is 5.92 Å². The van der Waals surface area contributed by atoms with Crippen LogP contribution in [0, 0.1) is 5.92 Å². The molecule has 0 aliphatic rings. The lowest BCUT2D eigenvalue weighted by Gasteiger charge is -2.13. The highest BCUT2D eigenvalue weighted by molar-refractivity contribution is 7.98. The van der Waals surface area contributed by atoms with Crippen LogP contribution in [0.2, 0.25) is 0 Å². The first-order valence-corrected chi connectivity index (χ1v) is 6.51. The van der Waals surface area contributed by atoms with Crippen molar-refractivity contribution < 1.29 is 0 Å². The van der Waals surface area contributed by atoms with Gasteiger partial charge in [-0.05, 0) is 36.6 Å². The van der Waals surface area contributed by atoms with Crippen LogP contribution in [-0.2, 0) is 0 Å². The van der Waals surface area contributed by atoms with Crippen molar-refractivity contribution in [2.24, 2.45) is 5.92 Å². The Bertz CT molecular complexity index is 140. The Morgan fingerprint density at radius 3 is 2.69 bits per heavy atom. The predicted molar refractivity (Wildman–Crippen MR) is 66.4 cm³/mol. The van der Waals surface area contributed by atoms with Crippen LogP contribution >= 0.6 is 24.0 Å². The summed E-state index contributed by atoms with van der Waals surface area (Å²) >= 11 is 6.97. The topological polar surface area (TPSA) is 24.1 Å². The van der Waals surface area contributed by atoms with Gasteiger partial charge in [-0.25, -0.2) is 0 Å². The molecule has 0 radical (unpaired) electrons. The smallest absolute Gasteiger partial charge is 0.166 e. The lowest BCUT2D eigenvalue weighted by molar-refractivity contribution is 0.628. The van der Waals surface area contributed by atoms with Crippen molar-refractivity contribution in [2.75, 3.05) is 25.1 Å². The molecule has 0 aromatic carbocycles. The van der Waals surface area contributed by atoms with E-state index in [1.807, 2.05) is 11.8 Å². The van der Waals surface area contributed by atoms with Gasteiger partial charge in [-0.1, -0.05) is 13.8 Å². The lowest BCUT2D eigenvalue weighted by Crippen LogP contribution is -2.38. The second-order valence-electron chi connectivity index (χ2n) is 3.20. The van der Waals surface area contributed by atoms with Crippen molar-refractivity contribution in [3.8, 4) is 0 Å². The molecule has 1 atom stereocenters. The van der Waals surface area contributed by atoms with Crippen molar-refractivity contribution in [1.82, 2.24) is 10.6 Å². The average molecular weight is 220 g/mol. The maximum atomic E-state index is 5.09. The van der Waals surface area contributed by atoms with E-state index in [-0.39, 0.29) is 0 Å². The third kappa shape index (κ3) is 8.37. The molecule has 2 N–H and O–H groups in total. The number of hydrogen-bond donors (Lipinski definition) is 2. The van der Waals surface area contributed by atoms with E-state index in [9.17, 15) is 0 Å². The lowest BCUT2D eigenvalue weighted by atomic mass is 10.2. The fourth-order valence-corrected chi connectivity index (χ4v) is 1.78. The molecule has 0 spiro atoms. The summed E-state index contributed by atoms with van der Waals surface area (Å²) in [5.41, 5.74) is 0. The van der Waals surface area contributed by atoms with Crippen molar-refractivity contribution in [3.63, 3.8) is 0 Å². The Labute approximate surface area is 91.2 Å². The molecule has 0 saturated carbocycles. The third-order valence-corrected chi connectivity index (χ3v) is 2.79. The standard InChI is InChI=1S/C9H20N2S2/c1-4-5-10-9(12)11-6-8(2)7-13-3/h8H,4-7H2,1-3H3,(H2,10,11,12). The fraction of sp³-hybridized carbons (Fsp3) is 0.889. The number of thiocarbonyl (C=S) groups is 1. The van der Waals surface area contributed by atoms with Gasteiger partial charge in [0, 0.05) is 13.1 Å². The van der Waals surface area contributed by atoms with Crippen molar-refractivity contribution in [3.05, 3.63) is 0 Å². The molecule has 0 heterocycles. The van der Waals surface area contributed by atoms with E-state index in [2.05, 4.69) is 30.7 Å². The summed E-state index contributed by atoms with van der Waals surface area (Å²) in [4.78, 5) is 0. The Morgan fingerprint density at radius 1 is 1.46 bits per heavy atom. The Kier molecular flexibility index (Phi) is 8.66. The summed E-state index contributed by atoms with van der Waals surface area (Å²) in [7, 11) is 0. The highest BCUT2D eigenvalue weighted by Gasteiger charge is 2.01. The minimum absolute atomic E-state index is 0.677. The van der Waals surface area contributed by atoms with E-state index in [1.54, 1.807) is 0 Å². The molecule has 4 heteroatoms. The molecular weight excluding hydrogens is 200 g/mol. The largest absolute Gasteiger partial charge is 0.363 e. The monoisotopic (exact) mass is 220 g/mol. The fourth-order valence-electron chi connectivity index (χ4n) is 0.911. The highest BCUT2D eigenvalue weighted by Crippen LogP contribution is 2.02. The molecule has 0 rings (SSSR count). The first-order valence-electron chi connectivity index (χ1n) is 4.71. The molecule has 0 aromatic rings. The van der Waals surface area contributed by atoms with Crippen molar-refractivity contribution in [1.29, 1.82) is 0 Å². The van der Waals surface area contributed by atoms with Crippen LogP contribution in [0.25, 0.3) is 0 Å². The summed E-state index contributed by atoms with van der Waals surface area (Å²) in [5.74, 6) is 1.86.